The molecule has 1 N–H and O–H groups in total. The monoisotopic (exact) mass is 133 g/mol. The van der Waals surface area contributed by atoms with Crippen LogP contribution in [0.15, 0.2) is 0 Å². The smallest absolute Gasteiger partial charge is 0.0478 e. The highest BCUT2D eigenvalue weighted by Gasteiger charge is 1.84. The normalized spacial score (nSPS) is 10.0. The molecule has 0 aliphatic heterocycles. The highest BCUT2D eigenvalue weighted by atomic mass is 16.5. The molecule has 0 bridgehead atoms. The van der Waals surface area contributed by atoms with Crippen molar-refractivity contribution < 1.29 is 6.16 Å². The van der Waals surface area contributed by atoms with E-state index < -0.39 is 0 Å². The zero-order chi connectivity index (χ0) is 6.95. The van der Waals surface area contributed by atoms with E-state index >= 15 is 0 Å². The van der Waals surface area contributed by atoms with Gasteiger partial charge in [0.25, 0.3) is 0 Å². The Bertz CT molecular complexity index is 46.9. The molecule has 2 heteroatoms. The molecule has 0 amide bonds. The van der Waals surface area contributed by atoms with Crippen LogP contribution in [0.5, 0.6) is 0 Å². The summed E-state index contributed by atoms with van der Waals surface area (Å²) in [5.41, 5.74) is 0. The first kappa shape index (κ1) is 8.92. The third-order valence-corrected chi connectivity index (χ3v) is 1.06. The second kappa shape index (κ2) is 7.92. The second-order valence-corrected chi connectivity index (χ2v) is 2.07. The Hall–Kier alpha value is -0.0800. The summed E-state index contributed by atoms with van der Waals surface area (Å²) in [6.07, 6.45) is 2.25. The van der Waals surface area contributed by atoms with Crippen LogP contribution in [0.3, 0.4) is 0 Å². The van der Waals surface area contributed by atoms with Gasteiger partial charge in [0.2, 0.25) is 0 Å². The number of nitrogens with one attached hydrogen (secondary N) is 1. The van der Waals surface area contributed by atoms with Crippen LogP contribution in [-0.2, 0) is 4.74 Å². The third-order valence-electron chi connectivity index (χ3n) is 1.06. The zero-order valence-corrected chi connectivity index (χ0v) is 6.44. The average molecular weight is 133 g/mol. The average Bonchev–Trinajstić information content (AvgIpc) is 1.89. The predicted molar refractivity (Wildman–Crippen MR) is 41.8 cm³/mol. The van der Waals surface area contributed by atoms with Gasteiger partial charge in [-0.1, -0.05) is 6.92 Å². The third kappa shape index (κ3) is 7.92. The lowest BCUT2D eigenvalue weighted by molar-refractivity contribution is 0.132. The molecule has 0 fully saturated rings. The molecule has 2 nitrogen and oxygen atoms in total. The summed E-state index contributed by atoms with van der Waals surface area (Å²) >= 11 is 0. The summed E-state index contributed by atoms with van der Waals surface area (Å²) in [4.78, 5) is 0. The first-order valence-electron chi connectivity index (χ1n) is 3.64. The van der Waals surface area contributed by atoms with E-state index in [-0.39, 0.29) is 1.43 Å². The summed E-state index contributed by atoms with van der Waals surface area (Å²) in [6, 6.07) is 0. The lowest BCUT2D eigenvalue weighted by Gasteiger charge is -2.00. The van der Waals surface area contributed by atoms with Crippen LogP contribution in [0, 0.1) is 0 Å². The van der Waals surface area contributed by atoms with Crippen molar-refractivity contribution in [3.05, 3.63) is 0 Å². The number of ether oxygens (including phenoxy) is 1. The van der Waals surface area contributed by atoms with Crippen LogP contribution < -0.4 is 5.32 Å². The molecular weight excluding hydrogens is 114 g/mol. The zero-order valence-electron chi connectivity index (χ0n) is 6.44. The molecule has 0 aromatic rings. The molecule has 0 aromatic heterocycles. The van der Waals surface area contributed by atoms with E-state index in [1.54, 1.807) is 0 Å². The van der Waals surface area contributed by atoms with Gasteiger partial charge in [0, 0.05) is 14.6 Å². The molecule has 0 radical (unpaired) electrons. The van der Waals surface area contributed by atoms with Crippen molar-refractivity contribution in [2.24, 2.45) is 0 Å². The van der Waals surface area contributed by atoms with Crippen molar-refractivity contribution in [3.63, 3.8) is 0 Å². The summed E-state index contributed by atoms with van der Waals surface area (Å²) in [7, 11) is 1.96. The minimum absolute atomic E-state index is 0. The molecule has 9 heavy (non-hydrogen) atoms. The van der Waals surface area contributed by atoms with Gasteiger partial charge in [0.05, 0.1) is 0 Å². The highest BCUT2D eigenvalue weighted by Crippen LogP contribution is 1.82. The fraction of sp³-hybridized carbons (Fsp3) is 1.00. The second-order valence-electron chi connectivity index (χ2n) is 2.07. The van der Waals surface area contributed by atoms with Gasteiger partial charge in [0.15, 0.2) is 0 Å². The van der Waals surface area contributed by atoms with E-state index in [0.717, 1.165) is 32.6 Å². The van der Waals surface area contributed by atoms with Gasteiger partial charge in [0.1, 0.15) is 0 Å². The van der Waals surface area contributed by atoms with Crippen molar-refractivity contribution in [1.82, 2.24) is 5.32 Å². The summed E-state index contributed by atoms with van der Waals surface area (Å²) < 4.78 is 5.24. The fourth-order valence-electron chi connectivity index (χ4n) is 0.597. The van der Waals surface area contributed by atoms with Crippen molar-refractivity contribution >= 4 is 0 Å². The van der Waals surface area contributed by atoms with Gasteiger partial charge >= 0.3 is 0 Å². The Morgan fingerprint density at radius 1 is 1.44 bits per heavy atom. The van der Waals surface area contributed by atoms with Gasteiger partial charge < -0.3 is 10.1 Å². The molecule has 0 aliphatic carbocycles. The molecule has 0 saturated heterocycles. The van der Waals surface area contributed by atoms with Crippen LogP contribution >= 0.6 is 0 Å². The Kier molecular flexibility index (Phi) is 7.85. The van der Waals surface area contributed by atoms with Crippen molar-refractivity contribution in [1.29, 1.82) is 0 Å². The maximum atomic E-state index is 5.24. The van der Waals surface area contributed by atoms with Crippen molar-refractivity contribution in [2.75, 3.05) is 26.8 Å². The standard InChI is InChI=1S/C7H17NO.H2/c1-3-6-9-7-4-5-8-2;/h8H,3-7H2,1-2H3;1H. The topological polar surface area (TPSA) is 21.3 Å². The van der Waals surface area contributed by atoms with Gasteiger partial charge in [-0.25, -0.2) is 0 Å². The largest absolute Gasteiger partial charge is 0.381 e. The molecule has 0 aliphatic rings. The van der Waals surface area contributed by atoms with E-state index in [1.165, 1.54) is 0 Å². The van der Waals surface area contributed by atoms with E-state index in [1.807, 2.05) is 7.05 Å². The van der Waals surface area contributed by atoms with E-state index in [0.29, 0.717) is 0 Å². The van der Waals surface area contributed by atoms with E-state index in [4.69, 9.17) is 4.74 Å². The number of hydrogen-bond acceptors (Lipinski definition) is 2. The van der Waals surface area contributed by atoms with Crippen LogP contribution in [0.4, 0.5) is 0 Å². The summed E-state index contributed by atoms with van der Waals surface area (Å²) in [6.45, 7) is 4.99. The summed E-state index contributed by atoms with van der Waals surface area (Å²) in [5.74, 6) is 0. The first-order valence-corrected chi connectivity index (χ1v) is 3.64. The lowest BCUT2D eigenvalue weighted by Crippen LogP contribution is -2.10. The minimum atomic E-state index is 0. The SMILES string of the molecule is CCCOCCCNC.[HH]. The van der Waals surface area contributed by atoms with Crippen LogP contribution in [0.2, 0.25) is 0 Å². The van der Waals surface area contributed by atoms with Gasteiger partial charge in [-0.2, -0.15) is 0 Å². The Morgan fingerprint density at radius 3 is 2.78 bits per heavy atom. The molecular formula is C7H19NO. The Labute approximate surface area is 59.1 Å². The maximum Gasteiger partial charge on any atom is 0.0478 e. The van der Waals surface area contributed by atoms with Gasteiger partial charge in [-0.05, 0) is 26.4 Å². The lowest BCUT2D eigenvalue weighted by atomic mass is 10.4. The van der Waals surface area contributed by atoms with Crippen molar-refractivity contribution in [2.45, 2.75) is 19.8 Å². The van der Waals surface area contributed by atoms with Gasteiger partial charge in [-0.15, -0.1) is 0 Å². The Morgan fingerprint density at radius 2 is 2.22 bits per heavy atom. The fourth-order valence-corrected chi connectivity index (χ4v) is 0.597. The van der Waals surface area contributed by atoms with Crippen LogP contribution in [-0.4, -0.2) is 26.8 Å². The van der Waals surface area contributed by atoms with E-state index in [9.17, 15) is 0 Å². The molecule has 58 valence electrons. The van der Waals surface area contributed by atoms with Crippen LogP contribution in [0.1, 0.15) is 21.2 Å². The number of rotatable bonds is 6. The summed E-state index contributed by atoms with van der Waals surface area (Å²) in [5, 5.41) is 3.06. The quantitative estimate of drug-likeness (QED) is 0.551. The minimum Gasteiger partial charge on any atom is -0.381 e. The van der Waals surface area contributed by atoms with Crippen molar-refractivity contribution in [3.8, 4) is 0 Å². The molecule has 0 rings (SSSR count). The van der Waals surface area contributed by atoms with Gasteiger partial charge in [-0.3, -0.25) is 0 Å². The predicted octanol–water partition coefficient (Wildman–Crippen LogP) is 1.27. The maximum absolute atomic E-state index is 5.24. The first-order chi connectivity index (χ1) is 4.41. The molecule has 0 atom stereocenters. The number of hydrogen-bond donors (Lipinski definition) is 1. The van der Waals surface area contributed by atoms with E-state index in [2.05, 4.69) is 12.2 Å². The molecule has 0 unspecified atom stereocenters. The Balaban J connectivity index is 0. The highest BCUT2D eigenvalue weighted by molar-refractivity contribution is 4.38. The molecule has 0 heterocycles. The molecule has 0 aromatic carbocycles. The van der Waals surface area contributed by atoms with Crippen LogP contribution in [0.25, 0.3) is 0 Å². The molecule has 0 saturated carbocycles. The molecule has 0 spiro atoms.